The molecule has 8 nitrogen and oxygen atoms in total. The van der Waals surface area contributed by atoms with Gasteiger partial charge in [-0.3, -0.25) is 19.3 Å². The predicted octanol–water partition coefficient (Wildman–Crippen LogP) is 0.707. The molecule has 8 heteroatoms. The van der Waals surface area contributed by atoms with Crippen LogP contribution in [-0.2, 0) is 26.3 Å². The van der Waals surface area contributed by atoms with Gasteiger partial charge in [-0.1, -0.05) is 24.3 Å². The summed E-state index contributed by atoms with van der Waals surface area (Å²) in [5, 5.41) is 2.80. The summed E-state index contributed by atoms with van der Waals surface area (Å²) in [6.07, 6.45) is 1.18. The van der Waals surface area contributed by atoms with E-state index >= 15 is 0 Å². The number of imide groups is 1. The molecule has 1 atom stereocenters. The van der Waals surface area contributed by atoms with E-state index in [0.29, 0.717) is 25.9 Å². The summed E-state index contributed by atoms with van der Waals surface area (Å²) < 4.78 is 0. The number of carbonyl (C=O) groups is 4. The lowest BCUT2D eigenvalue weighted by Crippen LogP contribution is -2.46. The van der Waals surface area contributed by atoms with Crippen LogP contribution < -0.4 is 5.32 Å². The Morgan fingerprint density at radius 1 is 1.14 bits per heavy atom. The van der Waals surface area contributed by atoms with Crippen LogP contribution in [0.2, 0.25) is 0 Å². The van der Waals surface area contributed by atoms with Gasteiger partial charge in [0.25, 0.3) is 5.91 Å². The lowest BCUT2D eigenvalue weighted by molar-refractivity contribution is -0.141. The maximum absolute atomic E-state index is 13.1. The normalized spacial score (nSPS) is 20.3. The molecule has 28 heavy (non-hydrogen) atoms. The third-order valence-corrected chi connectivity index (χ3v) is 5.63. The number of fused-ring (bicyclic) bond motifs is 2. The van der Waals surface area contributed by atoms with Crippen LogP contribution in [-0.4, -0.2) is 71.7 Å². The molecule has 5 amide bonds. The summed E-state index contributed by atoms with van der Waals surface area (Å²) in [6, 6.07) is 6.97. The molecule has 0 saturated carbocycles. The number of nitrogens with one attached hydrogen (secondary N) is 1. The maximum Gasteiger partial charge on any atom is 0.325 e. The molecule has 1 N–H and O–H groups in total. The summed E-state index contributed by atoms with van der Waals surface area (Å²) in [5.41, 5.74) is 0.753. The van der Waals surface area contributed by atoms with Crippen molar-refractivity contribution in [2.75, 3.05) is 33.2 Å². The van der Waals surface area contributed by atoms with Crippen LogP contribution >= 0.6 is 0 Å². The molecule has 1 aromatic carbocycles. The number of aryl methyl sites for hydroxylation is 1. The van der Waals surface area contributed by atoms with Crippen molar-refractivity contribution < 1.29 is 19.2 Å². The molecule has 3 rings (SSSR count). The molecule has 1 aromatic rings. The van der Waals surface area contributed by atoms with Gasteiger partial charge in [-0.15, -0.1) is 0 Å². The van der Waals surface area contributed by atoms with Crippen LogP contribution in [0.15, 0.2) is 24.3 Å². The Morgan fingerprint density at radius 2 is 1.82 bits per heavy atom. The molecule has 2 aliphatic rings. The Balaban J connectivity index is 1.70. The highest BCUT2D eigenvalue weighted by Gasteiger charge is 2.55. The number of hydrogen-bond acceptors (Lipinski definition) is 4. The Bertz CT molecular complexity index is 820. The zero-order chi connectivity index (χ0) is 20.5. The van der Waals surface area contributed by atoms with Crippen molar-refractivity contribution in [2.24, 2.45) is 0 Å². The van der Waals surface area contributed by atoms with Gasteiger partial charge in [0, 0.05) is 20.1 Å². The Kier molecular flexibility index (Phi) is 5.40. The molecule has 1 saturated heterocycles. The number of amides is 5. The number of carbonyl (C=O) groups excluding carboxylic acids is 4. The van der Waals surface area contributed by atoms with Crippen LogP contribution in [0.4, 0.5) is 4.79 Å². The van der Waals surface area contributed by atoms with Gasteiger partial charge >= 0.3 is 6.03 Å². The van der Waals surface area contributed by atoms with Crippen molar-refractivity contribution in [2.45, 2.75) is 32.2 Å². The first kappa shape index (κ1) is 19.9. The van der Waals surface area contributed by atoms with E-state index in [1.165, 1.54) is 11.9 Å². The van der Waals surface area contributed by atoms with Gasteiger partial charge < -0.3 is 15.1 Å². The highest BCUT2D eigenvalue weighted by molar-refractivity contribution is 6.10. The largest absolute Gasteiger partial charge is 0.342 e. The fraction of sp³-hybridized carbons (Fsp3) is 0.500. The molecule has 150 valence electrons. The third-order valence-electron chi connectivity index (χ3n) is 5.63. The van der Waals surface area contributed by atoms with Crippen LogP contribution in [0.25, 0.3) is 0 Å². The molecular weight excluding hydrogens is 360 g/mol. The Morgan fingerprint density at radius 3 is 2.50 bits per heavy atom. The average Bonchev–Trinajstić information content (AvgIpc) is 3.16. The molecule has 0 aromatic heterocycles. The van der Waals surface area contributed by atoms with Crippen molar-refractivity contribution in [3.05, 3.63) is 35.4 Å². The molecule has 1 fully saturated rings. The highest BCUT2D eigenvalue weighted by atomic mass is 16.2. The lowest BCUT2D eigenvalue weighted by atomic mass is 9.92. The lowest BCUT2D eigenvalue weighted by Gasteiger charge is -2.25. The number of hydrogen-bond donors (Lipinski definition) is 1. The molecule has 1 heterocycles. The van der Waals surface area contributed by atoms with E-state index in [1.807, 2.05) is 38.1 Å². The van der Waals surface area contributed by atoms with Gasteiger partial charge in [-0.25, -0.2) is 4.79 Å². The third kappa shape index (κ3) is 3.23. The summed E-state index contributed by atoms with van der Waals surface area (Å²) in [6.45, 7) is 4.40. The smallest absolute Gasteiger partial charge is 0.325 e. The van der Waals surface area contributed by atoms with Gasteiger partial charge in [0.05, 0.1) is 6.54 Å². The van der Waals surface area contributed by atoms with Gasteiger partial charge in [0.2, 0.25) is 11.8 Å². The molecule has 0 bridgehead atoms. The minimum atomic E-state index is -1.08. The summed E-state index contributed by atoms with van der Waals surface area (Å²) in [5.74, 6) is -1.02. The van der Waals surface area contributed by atoms with Crippen molar-refractivity contribution in [3.63, 3.8) is 0 Å². The Hall–Kier alpha value is -2.90. The highest BCUT2D eigenvalue weighted by Crippen LogP contribution is 2.41. The van der Waals surface area contributed by atoms with Gasteiger partial charge in [-0.05, 0) is 37.8 Å². The number of nitrogens with zero attached hydrogens (tertiary/aromatic N) is 3. The fourth-order valence-electron chi connectivity index (χ4n) is 3.96. The van der Waals surface area contributed by atoms with Gasteiger partial charge in [0.1, 0.15) is 12.1 Å². The number of benzene rings is 1. The predicted molar refractivity (Wildman–Crippen MR) is 102 cm³/mol. The van der Waals surface area contributed by atoms with Crippen LogP contribution in [0.3, 0.4) is 0 Å². The Labute approximate surface area is 164 Å². The molecule has 1 aliphatic heterocycles. The van der Waals surface area contributed by atoms with E-state index in [-0.39, 0.29) is 19.0 Å². The van der Waals surface area contributed by atoms with E-state index in [4.69, 9.17) is 0 Å². The molecule has 1 spiro atoms. The van der Waals surface area contributed by atoms with E-state index in [0.717, 1.165) is 16.0 Å². The SMILES string of the molecule is CCN(CC)C(=O)CN(C)C(=O)CN1C(=O)N[C@]2(CCc3ccccc32)C1=O. The van der Waals surface area contributed by atoms with E-state index in [2.05, 4.69) is 5.32 Å². The summed E-state index contributed by atoms with van der Waals surface area (Å²) in [4.78, 5) is 54.2. The summed E-state index contributed by atoms with van der Waals surface area (Å²) >= 11 is 0. The van der Waals surface area contributed by atoms with Crippen LogP contribution in [0.5, 0.6) is 0 Å². The first-order chi connectivity index (χ1) is 13.3. The van der Waals surface area contributed by atoms with Crippen LogP contribution in [0, 0.1) is 0 Å². The van der Waals surface area contributed by atoms with Crippen LogP contribution in [0.1, 0.15) is 31.4 Å². The topological polar surface area (TPSA) is 90.0 Å². The molecular formula is C20H26N4O4. The van der Waals surface area contributed by atoms with Crippen molar-refractivity contribution in [3.8, 4) is 0 Å². The standard InChI is InChI=1S/C20H26N4O4/c1-4-23(5-2)17(26)12-22(3)16(25)13-24-18(27)20(21-19(24)28)11-10-14-8-6-7-9-15(14)20/h6-9H,4-5,10-13H2,1-3H3,(H,21,28)/t20-/m0/s1. The first-order valence-electron chi connectivity index (χ1n) is 9.58. The monoisotopic (exact) mass is 386 g/mol. The van der Waals surface area contributed by atoms with E-state index in [1.54, 1.807) is 4.90 Å². The minimum absolute atomic E-state index is 0.0852. The second-order valence-electron chi connectivity index (χ2n) is 7.20. The van der Waals surface area contributed by atoms with E-state index in [9.17, 15) is 19.2 Å². The summed E-state index contributed by atoms with van der Waals surface area (Å²) in [7, 11) is 1.50. The van der Waals surface area contributed by atoms with Crippen molar-refractivity contribution in [1.29, 1.82) is 0 Å². The van der Waals surface area contributed by atoms with E-state index < -0.39 is 23.4 Å². The molecule has 0 radical (unpaired) electrons. The van der Waals surface area contributed by atoms with Crippen molar-refractivity contribution >= 4 is 23.8 Å². The zero-order valence-electron chi connectivity index (χ0n) is 16.5. The quantitative estimate of drug-likeness (QED) is 0.729. The second kappa shape index (κ2) is 7.61. The number of urea groups is 1. The van der Waals surface area contributed by atoms with Crippen molar-refractivity contribution in [1.82, 2.24) is 20.0 Å². The number of rotatable bonds is 6. The second-order valence-corrected chi connectivity index (χ2v) is 7.20. The van der Waals surface area contributed by atoms with Gasteiger partial charge in [0.15, 0.2) is 0 Å². The average molecular weight is 386 g/mol. The minimum Gasteiger partial charge on any atom is -0.342 e. The fourth-order valence-corrected chi connectivity index (χ4v) is 3.96. The number of likely N-dealkylation sites (N-methyl/N-ethyl adjacent to an activating group) is 2. The molecule has 1 aliphatic carbocycles. The first-order valence-corrected chi connectivity index (χ1v) is 9.58. The molecule has 0 unspecified atom stereocenters. The maximum atomic E-state index is 13.1. The van der Waals surface area contributed by atoms with Gasteiger partial charge in [-0.2, -0.15) is 0 Å². The zero-order valence-corrected chi connectivity index (χ0v) is 16.5.